The molecular formula is C19H23N7O2. The minimum absolute atomic E-state index is 0.0562. The van der Waals surface area contributed by atoms with Crippen LogP contribution in [0.1, 0.15) is 36.0 Å². The first-order chi connectivity index (χ1) is 13.5. The SMILES string of the molecule is Cc1ccc(N2NC(C(=O)N3CCC[C@@H](c4n[nH]c(C)n4)C3)=NCC2=O)cc1. The fourth-order valence-electron chi connectivity index (χ4n) is 3.50. The van der Waals surface area contributed by atoms with Crippen molar-refractivity contribution < 1.29 is 9.59 Å². The molecule has 1 atom stereocenters. The minimum Gasteiger partial charge on any atom is -0.335 e. The fraction of sp³-hybridized carbons (Fsp3) is 0.421. The zero-order chi connectivity index (χ0) is 19.7. The zero-order valence-corrected chi connectivity index (χ0v) is 16.0. The number of aryl methyl sites for hydroxylation is 2. The highest BCUT2D eigenvalue weighted by Crippen LogP contribution is 2.25. The number of H-pyrrole nitrogens is 1. The van der Waals surface area contributed by atoms with E-state index in [1.807, 2.05) is 38.1 Å². The monoisotopic (exact) mass is 381 g/mol. The Hall–Kier alpha value is -3.23. The summed E-state index contributed by atoms with van der Waals surface area (Å²) in [7, 11) is 0. The molecule has 4 rings (SSSR count). The van der Waals surface area contributed by atoms with Crippen molar-refractivity contribution in [2.24, 2.45) is 4.99 Å². The quantitative estimate of drug-likeness (QED) is 0.827. The minimum atomic E-state index is -0.207. The number of aliphatic imine (C=N–C) groups is 1. The standard InChI is InChI=1S/C19H23N7O2/c1-12-5-7-15(8-6-12)26-16(27)10-20-18(24-26)19(28)25-9-3-4-14(11-25)17-21-13(2)22-23-17/h5-8,14H,3-4,9-11H2,1-2H3,(H,20,24)(H,21,22,23)/t14-/m1/s1. The maximum atomic E-state index is 13.0. The molecule has 2 aliphatic rings. The highest BCUT2D eigenvalue weighted by Gasteiger charge is 2.32. The number of hydrogen-bond donors (Lipinski definition) is 2. The summed E-state index contributed by atoms with van der Waals surface area (Å²) in [5, 5.41) is 8.49. The summed E-state index contributed by atoms with van der Waals surface area (Å²) in [6.45, 7) is 4.97. The average molecular weight is 381 g/mol. The van der Waals surface area contributed by atoms with Crippen LogP contribution in [0, 0.1) is 13.8 Å². The Morgan fingerprint density at radius 3 is 2.71 bits per heavy atom. The van der Waals surface area contributed by atoms with Crippen molar-refractivity contribution in [3.8, 4) is 0 Å². The van der Waals surface area contributed by atoms with E-state index in [4.69, 9.17) is 0 Å². The van der Waals surface area contributed by atoms with Crippen molar-refractivity contribution in [1.29, 1.82) is 0 Å². The summed E-state index contributed by atoms with van der Waals surface area (Å²) in [5.74, 6) is 1.39. The summed E-state index contributed by atoms with van der Waals surface area (Å²) in [5.41, 5.74) is 4.68. The number of nitrogens with one attached hydrogen (secondary N) is 2. The fourth-order valence-corrected chi connectivity index (χ4v) is 3.50. The van der Waals surface area contributed by atoms with Crippen LogP contribution < -0.4 is 10.4 Å². The first-order valence-corrected chi connectivity index (χ1v) is 9.40. The number of aromatic amines is 1. The molecule has 9 heteroatoms. The molecule has 0 radical (unpaired) electrons. The van der Waals surface area contributed by atoms with Gasteiger partial charge in [-0.3, -0.25) is 25.1 Å². The lowest BCUT2D eigenvalue weighted by Gasteiger charge is -2.34. The van der Waals surface area contributed by atoms with E-state index in [2.05, 4.69) is 25.6 Å². The Morgan fingerprint density at radius 2 is 2.00 bits per heavy atom. The summed E-state index contributed by atoms with van der Waals surface area (Å²) in [6, 6.07) is 7.53. The molecule has 3 heterocycles. The first-order valence-electron chi connectivity index (χ1n) is 9.40. The van der Waals surface area contributed by atoms with Crippen LogP contribution in [-0.4, -0.2) is 57.4 Å². The number of anilines is 1. The average Bonchev–Trinajstić information content (AvgIpc) is 3.15. The smallest absolute Gasteiger partial charge is 0.290 e. The normalized spacial score (nSPS) is 20.0. The summed E-state index contributed by atoms with van der Waals surface area (Å²) < 4.78 is 0. The molecule has 1 fully saturated rings. The van der Waals surface area contributed by atoms with Crippen molar-refractivity contribution in [1.82, 2.24) is 25.5 Å². The largest absolute Gasteiger partial charge is 0.335 e. The van der Waals surface area contributed by atoms with Crippen LogP contribution in [0.15, 0.2) is 29.3 Å². The van der Waals surface area contributed by atoms with Crippen molar-refractivity contribution in [3.63, 3.8) is 0 Å². The number of carbonyl (C=O) groups is 2. The number of likely N-dealkylation sites (tertiary alicyclic amines) is 1. The number of amides is 2. The third-order valence-electron chi connectivity index (χ3n) is 5.02. The number of amidine groups is 1. The highest BCUT2D eigenvalue weighted by atomic mass is 16.2. The van der Waals surface area contributed by atoms with E-state index in [1.165, 1.54) is 5.01 Å². The van der Waals surface area contributed by atoms with E-state index in [0.29, 0.717) is 18.8 Å². The van der Waals surface area contributed by atoms with Crippen molar-refractivity contribution in [2.75, 3.05) is 24.6 Å². The molecular weight excluding hydrogens is 358 g/mol. The number of rotatable bonds is 3. The molecule has 1 aromatic heterocycles. The molecule has 0 saturated carbocycles. The van der Waals surface area contributed by atoms with Crippen LogP contribution in [0.5, 0.6) is 0 Å². The van der Waals surface area contributed by atoms with E-state index in [-0.39, 0.29) is 30.1 Å². The molecule has 2 aromatic rings. The Labute approximate surface area is 162 Å². The molecule has 9 nitrogen and oxygen atoms in total. The maximum absolute atomic E-state index is 13.0. The number of hydrogen-bond acceptors (Lipinski definition) is 6. The number of benzene rings is 1. The molecule has 2 N–H and O–H groups in total. The molecule has 0 aliphatic carbocycles. The van der Waals surface area contributed by atoms with E-state index in [1.54, 1.807) is 4.90 Å². The van der Waals surface area contributed by atoms with Gasteiger partial charge in [-0.1, -0.05) is 17.7 Å². The van der Waals surface area contributed by atoms with Gasteiger partial charge in [0.25, 0.3) is 11.8 Å². The van der Waals surface area contributed by atoms with Crippen LogP contribution in [0.2, 0.25) is 0 Å². The van der Waals surface area contributed by atoms with Gasteiger partial charge < -0.3 is 4.90 Å². The number of piperidine rings is 1. The first kappa shape index (κ1) is 18.1. The molecule has 1 aromatic carbocycles. The molecule has 28 heavy (non-hydrogen) atoms. The zero-order valence-electron chi connectivity index (χ0n) is 16.0. The second kappa shape index (κ2) is 7.41. The molecule has 0 bridgehead atoms. The molecule has 0 spiro atoms. The number of aromatic nitrogens is 3. The lowest BCUT2D eigenvalue weighted by atomic mass is 9.97. The topological polar surface area (TPSA) is 107 Å². The predicted octanol–water partition coefficient (Wildman–Crippen LogP) is 1.08. The van der Waals surface area contributed by atoms with Crippen LogP contribution in [0.4, 0.5) is 5.69 Å². The van der Waals surface area contributed by atoms with Gasteiger partial charge in [-0.25, -0.2) is 9.99 Å². The van der Waals surface area contributed by atoms with Crippen LogP contribution >= 0.6 is 0 Å². The Bertz CT molecular complexity index is 919. The van der Waals surface area contributed by atoms with Crippen LogP contribution in [-0.2, 0) is 9.59 Å². The van der Waals surface area contributed by atoms with Crippen molar-refractivity contribution in [2.45, 2.75) is 32.6 Å². The summed E-state index contributed by atoms with van der Waals surface area (Å²) in [4.78, 5) is 35.6. The van der Waals surface area contributed by atoms with Gasteiger partial charge in [0.05, 0.1) is 5.69 Å². The lowest BCUT2D eigenvalue weighted by Crippen LogP contribution is -2.57. The van der Waals surface area contributed by atoms with Crippen LogP contribution in [0.3, 0.4) is 0 Å². The summed E-state index contributed by atoms with van der Waals surface area (Å²) in [6.07, 6.45) is 1.81. The molecule has 1 saturated heterocycles. The van der Waals surface area contributed by atoms with Gasteiger partial charge in [-0.15, -0.1) is 0 Å². The van der Waals surface area contributed by atoms with Gasteiger partial charge in [-0.05, 0) is 38.8 Å². The van der Waals surface area contributed by atoms with Gasteiger partial charge in [0.2, 0.25) is 5.84 Å². The van der Waals surface area contributed by atoms with Gasteiger partial charge >= 0.3 is 0 Å². The molecule has 146 valence electrons. The lowest BCUT2D eigenvalue weighted by molar-refractivity contribution is -0.125. The third-order valence-corrected chi connectivity index (χ3v) is 5.02. The molecule has 0 unspecified atom stereocenters. The number of hydrazine groups is 1. The van der Waals surface area contributed by atoms with Gasteiger partial charge in [0, 0.05) is 19.0 Å². The number of nitrogens with zero attached hydrogens (tertiary/aromatic N) is 5. The molecule has 2 amide bonds. The Morgan fingerprint density at radius 1 is 1.21 bits per heavy atom. The van der Waals surface area contributed by atoms with Crippen molar-refractivity contribution >= 4 is 23.3 Å². The van der Waals surface area contributed by atoms with Gasteiger partial charge in [0.1, 0.15) is 12.4 Å². The van der Waals surface area contributed by atoms with E-state index in [9.17, 15) is 9.59 Å². The summed E-state index contributed by atoms with van der Waals surface area (Å²) >= 11 is 0. The van der Waals surface area contributed by atoms with Crippen molar-refractivity contribution in [3.05, 3.63) is 41.5 Å². The van der Waals surface area contributed by atoms with E-state index < -0.39 is 0 Å². The van der Waals surface area contributed by atoms with E-state index in [0.717, 1.165) is 30.1 Å². The maximum Gasteiger partial charge on any atom is 0.290 e. The Kier molecular flexibility index (Phi) is 4.81. The predicted molar refractivity (Wildman–Crippen MR) is 104 cm³/mol. The Balaban J connectivity index is 1.48. The van der Waals surface area contributed by atoms with Gasteiger partial charge in [-0.2, -0.15) is 5.10 Å². The molecule has 2 aliphatic heterocycles. The number of carbonyl (C=O) groups excluding carboxylic acids is 2. The second-order valence-electron chi connectivity index (χ2n) is 7.21. The van der Waals surface area contributed by atoms with Crippen LogP contribution in [0.25, 0.3) is 0 Å². The second-order valence-corrected chi connectivity index (χ2v) is 7.21. The van der Waals surface area contributed by atoms with E-state index >= 15 is 0 Å². The van der Waals surface area contributed by atoms with Gasteiger partial charge in [0.15, 0.2) is 5.82 Å². The highest BCUT2D eigenvalue weighted by molar-refractivity contribution is 6.39. The third kappa shape index (κ3) is 3.60.